The number of esters is 1. The fraction of sp³-hybridized carbons (Fsp3) is 0.346. The third-order valence-electron chi connectivity index (χ3n) is 6.00. The Morgan fingerprint density at radius 1 is 1.12 bits per heavy atom. The van der Waals surface area contributed by atoms with Crippen molar-refractivity contribution in [1.29, 1.82) is 0 Å². The average Bonchev–Trinajstić information content (AvgIpc) is 3.15. The predicted molar refractivity (Wildman–Crippen MR) is 131 cm³/mol. The normalized spacial score (nSPS) is 12.1. The molecule has 0 unspecified atom stereocenters. The van der Waals surface area contributed by atoms with Crippen molar-refractivity contribution in [3.8, 4) is 33.9 Å². The molecule has 1 aliphatic heterocycles. The lowest BCUT2D eigenvalue weighted by atomic mass is 9.92. The number of halogens is 1. The maximum Gasteiger partial charge on any atom is 0.310 e. The second kappa shape index (κ2) is 10.5. The average molecular weight is 486 g/mol. The van der Waals surface area contributed by atoms with Gasteiger partial charge in [-0.05, 0) is 48.2 Å². The van der Waals surface area contributed by atoms with E-state index in [0.29, 0.717) is 23.1 Å². The van der Waals surface area contributed by atoms with Crippen molar-refractivity contribution in [2.24, 2.45) is 0 Å². The number of nitrogens with zero attached hydrogens (tertiary/aromatic N) is 1. The van der Waals surface area contributed by atoms with Crippen LogP contribution in [0.15, 0.2) is 36.4 Å². The van der Waals surface area contributed by atoms with Crippen LogP contribution in [0, 0.1) is 0 Å². The van der Waals surface area contributed by atoms with Crippen molar-refractivity contribution in [2.45, 2.75) is 32.7 Å². The summed E-state index contributed by atoms with van der Waals surface area (Å²) in [6.07, 6.45) is 1.70. The Labute approximate surface area is 204 Å². The number of hydrogen-bond donors (Lipinski definition) is 1. The van der Waals surface area contributed by atoms with Gasteiger partial charge in [-0.3, -0.25) is 9.36 Å². The summed E-state index contributed by atoms with van der Waals surface area (Å²) < 4.78 is 18.8. The summed E-state index contributed by atoms with van der Waals surface area (Å²) in [5.41, 5.74) is 7.52. The van der Waals surface area contributed by atoms with E-state index in [1.807, 2.05) is 43.3 Å². The smallest absolute Gasteiger partial charge is 0.310 e. The molecule has 4 rings (SSSR count). The Balaban J connectivity index is 2.00. The Kier molecular flexibility index (Phi) is 7.46. The highest BCUT2D eigenvalue weighted by atomic mass is 35.5. The van der Waals surface area contributed by atoms with E-state index >= 15 is 0 Å². The lowest BCUT2D eigenvalue weighted by molar-refractivity contribution is -0.832. The summed E-state index contributed by atoms with van der Waals surface area (Å²) in [6.45, 7) is 3.09. The fourth-order valence-corrected chi connectivity index (χ4v) is 4.79. The lowest BCUT2D eigenvalue weighted by Gasteiger charge is -2.22. The summed E-state index contributed by atoms with van der Waals surface area (Å²) in [4.78, 5) is 18.4. The molecule has 0 bridgehead atoms. The number of nitrogens with two attached hydrogens (primary N) is 1. The third-order valence-corrected chi connectivity index (χ3v) is 6.24. The highest BCUT2D eigenvalue weighted by Crippen LogP contribution is 2.46. The van der Waals surface area contributed by atoms with E-state index in [9.17, 15) is 4.79 Å². The minimum atomic E-state index is -0.268. The van der Waals surface area contributed by atoms with Gasteiger partial charge in [0.2, 0.25) is 5.82 Å². The van der Waals surface area contributed by atoms with Gasteiger partial charge >= 0.3 is 5.97 Å². The molecular formula is C26H30ClN2O5+. The molecule has 7 nitrogen and oxygen atoms in total. The van der Waals surface area contributed by atoms with Gasteiger partial charge in [0, 0.05) is 22.7 Å². The van der Waals surface area contributed by atoms with E-state index in [2.05, 4.69) is 4.57 Å². The number of quaternary nitrogens is 1. The Hall–Kier alpha value is -3.00. The molecule has 0 amide bonds. The number of aromatic nitrogens is 1. The summed E-state index contributed by atoms with van der Waals surface area (Å²) in [5.74, 6) is 1.94. The Morgan fingerprint density at radius 2 is 1.88 bits per heavy atom. The number of benzene rings is 2. The van der Waals surface area contributed by atoms with Crippen LogP contribution >= 0.6 is 11.6 Å². The number of rotatable bonds is 9. The first kappa shape index (κ1) is 24.1. The van der Waals surface area contributed by atoms with Gasteiger partial charge in [-0.2, -0.15) is 5.48 Å². The second-order valence-corrected chi connectivity index (χ2v) is 8.55. The molecule has 1 aliphatic rings. The van der Waals surface area contributed by atoms with Crippen LogP contribution in [0.2, 0.25) is 5.02 Å². The second-order valence-electron chi connectivity index (χ2n) is 8.11. The van der Waals surface area contributed by atoms with Crippen molar-refractivity contribution in [3.05, 3.63) is 52.5 Å². The van der Waals surface area contributed by atoms with Gasteiger partial charge < -0.3 is 14.2 Å². The molecule has 0 fully saturated rings. The minimum absolute atomic E-state index is 0.127. The molecule has 0 atom stereocenters. The zero-order chi connectivity index (χ0) is 24.2. The molecule has 0 saturated carbocycles. The zero-order valence-electron chi connectivity index (χ0n) is 19.9. The largest absolute Gasteiger partial charge is 0.493 e. The minimum Gasteiger partial charge on any atom is -0.493 e. The quantitative estimate of drug-likeness (QED) is 0.361. The first-order chi connectivity index (χ1) is 16.5. The predicted octanol–water partition coefficient (Wildman–Crippen LogP) is 4.30. The molecule has 0 spiro atoms. The molecular weight excluding hydrogens is 456 g/mol. The van der Waals surface area contributed by atoms with Gasteiger partial charge in [0.25, 0.3) is 0 Å². The zero-order valence-corrected chi connectivity index (χ0v) is 20.7. The van der Waals surface area contributed by atoms with Crippen LogP contribution in [0.25, 0.3) is 22.4 Å². The standard InChI is InChI=1S/C26H29ClN2O5/c1-5-11-34-23(30)15-20-24(17-7-6-8-18(27)12-17)26(28-33-4)29-10-9-16-13-21(31-2)22(32-3)14-19(16)25(20)29/h6-8,12-14,28H,5,9-11,15H2,1-4H3/p+1. The van der Waals surface area contributed by atoms with E-state index in [-0.39, 0.29) is 12.4 Å². The van der Waals surface area contributed by atoms with E-state index in [0.717, 1.165) is 58.7 Å². The van der Waals surface area contributed by atoms with Crippen molar-refractivity contribution in [3.63, 3.8) is 0 Å². The van der Waals surface area contributed by atoms with Crippen LogP contribution in [0.5, 0.6) is 11.5 Å². The molecule has 0 saturated heterocycles. The van der Waals surface area contributed by atoms with Crippen LogP contribution in [0.3, 0.4) is 0 Å². The Bertz CT molecular complexity index is 1200. The highest BCUT2D eigenvalue weighted by molar-refractivity contribution is 6.30. The third kappa shape index (κ3) is 4.51. The van der Waals surface area contributed by atoms with E-state index in [1.54, 1.807) is 26.8 Å². The van der Waals surface area contributed by atoms with Crippen molar-refractivity contribution >= 4 is 23.4 Å². The molecule has 1 aromatic heterocycles. The van der Waals surface area contributed by atoms with Crippen molar-refractivity contribution < 1.29 is 29.3 Å². The first-order valence-corrected chi connectivity index (χ1v) is 11.7. The first-order valence-electron chi connectivity index (χ1n) is 11.3. The van der Waals surface area contributed by atoms with E-state index < -0.39 is 0 Å². The van der Waals surface area contributed by atoms with E-state index in [1.165, 1.54) is 0 Å². The van der Waals surface area contributed by atoms with Gasteiger partial charge in [0.15, 0.2) is 11.5 Å². The summed E-state index contributed by atoms with van der Waals surface area (Å²) in [7, 11) is 4.88. The number of hydrogen-bond acceptors (Lipinski definition) is 5. The highest BCUT2D eigenvalue weighted by Gasteiger charge is 2.33. The van der Waals surface area contributed by atoms with E-state index in [4.69, 9.17) is 30.6 Å². The molecule has 0 radical (unpaired) electrons. The van der Waals surface area contributed by atoms with Crippen LogP contribution < -0.4 is 15.0 Å². The molecule has 34 heavy (non-hydrogen) atoms. The molecule has 3 aromatic rings. The number of ether oxygens (including phenoxy) is 3. The number of carbonyl (C=O) groups is 1. The van der Waals surface area contributed by atoms with Crippen LogP contribution in [0.1, 0.15) is 24.5 Å². The van der Waals surface area contributed by atoms with Crippen LogP contribution in [-0.2, 0) is 33.8 Å². The lowest BCUT2D eigenvalue weighted by Crippen LogP contribution is -2.77. The maximum absolute atomic E-state index is 12.9. The molecule has 2 aromatic carbocycles. The number of fused-ring (bicyclic) bond motifs is 3. The Morgan fingerprint density at radius 3 is 2.56 bits per heavy atom. The molecule has 2 heterocycles. The maximum atomic E-state index is 12.9. The SMILES string of the molecule is CCCOC(=O)Cc1c(-c2cccc(Cl)c2)c([NH2+]OC)n2c1-c1cc(OC)c(OC)cc1CC2. The fourth-order valence-electron chi connectivity index (χ4n) is 4.60. The van der Waals surface area contributed by atoms with Crippen LogP contribution in [-0.4, -0.2) is 38.5 Å². The topological polar surface area (TPSA) is 75.5 Å². The van der Waals surface area contributed by atoms with Crippen molar-refractivity contribution in [1.82, 2.24) is 4.57 Å². The monoisotopic (exact) mass is 485 g/mol. The summed E-state index contributed by atoms with van der Waals surface area (Å²) in [6, 6.07) is 11.7. The summed E-state index contributed by atoms with van der Waals surface area (Å²) >= 11 is 6.36. The van der Waals surface area contributed by atoms with Crippen LogP contribution in [0.4, 0.5) is 5.82 Å². The van der Waals surface area contributed by atoms with Gasteiger partial charge in [0.1, 0.15) is 0 Å². The van der Waals surface area contributed by atoms with Gasteiger partial charge in [-0.25, -0.2) is 4.84 Å². The molecule has 8 heteroatoms. The number of aryl methyl sites for hydroxylation is 1. The van der Waals surface area contributed by atoms with Gasteiger partial charge in [-0.15, -0.1) is 0 Å². The molecule has 2 N–H and O–H groups in total. The van der Waals surface area contributed by atoms with Crippen molar-refractivity contribution in [2.75, 3.05) is 27.9 Å². The number of carbonyl (C=O) groups excluding carboxylic acids is 1. The van der Waals surface area contributed by atoms with Gasteiger partial charge in [-0.1, -0.05) is 30.7 Å². The van der Waals surface area contributed by atoms with Gasteiger partial charge in [0.05, 0.1) is 45.6 Å². The summed E-state index contributed by atoms with van der Waals surface area (Å²) in [5, 5.41) is 0.622. The number of methoxy groups -OCH3 is 2. The molecule has 0 aliphatic carbocycles. The molecule has 180 valence electrons.